The van der Waals surface area contributed by atoms with Crippen LogP contribution in [0.2, 0.25) is 0 Å². The van der Waals surface area contributed by atoms with Crippen molar-refractivity contribution >= 4 is 181 Å². The molecule has 8 aromatic carbocycles. The van der Waals surface area contributed by atoms with Gasteiger partial charge < -0.3 is 0 Å². The van der Waals surface area contributed by atoms with E-state index in [1.165, 1.54) is 115 Å². The Kier molecular flexibility index (Phi) is 10.7. The van der Waals surface area contributed by atoms with E-state index in [4.69, 9.17) is 15.0 Å². The smallest absolute Gasteiger partial charge is 0.164 e. The first-order valence-corrected chi connectivity index (χ1v) is 21.9. The van der Waals surface area contributed by atoms with Crippen LogP contribution in [0.4, 0.5) is 0 Å². The van der Waals surface area contributed by atoms with Gasteiger partial charge in [0.05, 0.1) is 0 Å². The molecule has 0 aliphatic carbocycles. The second-order valence-electron chi connectivity index (χ2n) is 17.5. The van der Waals surface area contributed by atoms with Gasteiger partial charge >= 0.3 is 0 Å². The van der Waals surface area contributed by atoms with Crippen LogP contribution in [0.5, 0.6) is 0 Å². The summed E-state index contributed by atoms with van der Waals surface area (Å²) in [5.41, 5.74) is 26.6. The fraction of sp³-hybridized carbons (Fsp3) is 0. The molecular formula is C47H43B12N3. The van der Waals surface area contributed by atoms with Crippen LogP contribution < -0.4 is 65.6 Å². The Morgan fingerprint density at radius 2 is 0.645 bits per heavy atom. The van der Waals surface area contributed by atoms with Gasteiger partial charge in [-0.15, -0.1) is 32.8 Å². The highest BCUT2D eigenvalue weighted by Crippen LogP contribution is 2.36. The molecule has 0 aliphatic rings. The lowest BCUT2D eigenvalue weighted by Gasteiger charge is -2.24. The summed E-state index contributed by atoms with van der Waals surface area (Å²) in [5.74, 6) is 1.94. The van der Waals surface area contributed by atoms with E-state index in [0.717, 1.165) is 22.3 Å². The third-order valence-electron chi connectivity index (χ3n) is 14.5. The van der Waals surface area contributed by atoms with Gasteiger partial charge in [0.2, 0.25) is 0 Å². The van der Waals surface area contributed by atoms with Crippen molar-refractivity contribution in [1.82, 2.24) is 15.0 Å². The van der Waals surface area contributed by atoms with E-state index in [2.05, 4.69) is 191 Å². The van der Waals surface area contributed by atoms with Crippen LogP contribution in [0.15, 0.2) is 115 Å². The molecule has 0 N–H and O–H groups in total. The summed E-state index contributed by atoms with van der Waals surface area (Å²) in [6, 6.07) is 41.2. The molecule has 282 valence electrons. The summed E-state index contributed by atoms with van der Waals surface area (Å²) in [6.07, 6.45) is 0. The predicted molar refractivity (Wildman–Crippen MR) is 306 cm³/mol. The summed E-state index contributed by atoms with van der Waals surface area (Å²) in [4.78, 5) is 15.5. The fourth-order valence-corrected chi connectivity index (χ4v) is 9.93. The summed E-state index contributed by atoms with van der Waals surface area (Å²) >= 11 is 0. The third kappa shape index (κ3) is 6.76. The molecule has 15 heteroatoms. The van der Waals surface area contributed by atoms with Crippen molar-refractivity contribution in [3.05, 3.63) is 115 Å². The van der Waals surface area contributed by atoms with Crippen LogP contribution in [-0.4, -0.2) is 109 Å². The van der Waals surface area contributed by atoms with E-state index in [0.29, 0.717) is 17.5 Å². The molecule has 0 spiro atoms. The topological polar surface area (TPSA) is 38.7 Å². The molecule has 3 nitrogen and oxygen atoms in total. The number of benzene rings is 8. The molecule has 9 aromatic rings. The van der Waals surface area contributed by atoms with Gasteiger partial charge in [-0.3, -0.25) is 0 Å². The summed E-state index contributed by atoms with van der Waals surface area (Å²) in [7, 11) is 27.2. The fourth-order valence-electron chi connectivity index (χ4n) is 9.93. The third-order valence-corrected chi connectivity index (χ3v) is 14.5. The number of nitrogens with zero attached hydrogens (tertiary/aromatic N) is 3. The van der Waals surface area contributed by atoms with Crippen LogP contribution >= 0.6 is 0 Å². The highest BCUT2D eigenvalue weighted by atomic mass is 15.0. The average Bonchev–Trinajstić information content (AvgIpc) is 3.30. The largest absolute Gasteiger partial charge is 0.208 e. The molecule has 0 bridgehead atoms. The molecule has 0 aliphatic heterocycles. The maximum absolute atomic E-state index is 5.21. The molecule has 0 fully saturated rings. The van der Waals surface area contributed by atoms with Gasteiger partial charge in [0.15, 0.2) is 17.5 Å². The van der Waals surface area contributed by atoms with Crippen LogP contribution in [0, 0.1) is 0 Å². The standard InChI is InChI=1S/C47H43B12N3/c48-33-29(31-32(37(52)39(33)54)38(53)43(58)42(57)36(31)51)20-13-15-22(16-14-20)46-60-45(21-7-2-1-3-8-21)61-47(62-46)24-10-6-9-23(19-24)25-17-18-28(27-12-5-4-11-26(25)27)30-34(49)40(55)44(59)41(56)35(30)50/h1-19H,48-59H2. The lowest BCUT2D eigenvalue weighted by atomic mass is 9.59. The highest BCUT2D eigenvalue weighted by molar-refractivity contribution is 6.72. The zero-order valence-electron chi connectivity index (χ0n) is 38.3. The monoisotopic (exact) mass is 781 g/mol. The second kappa shape index (κ2) is 16.1. The zero-order chi connectivity index (χ0) is 43.7. The Morgan fingerprint density at radius 1 is 0.258 bits per heavy atom. The summed E-state index contributed by atoms with van der Waals surface area (Å²) < 4.78 is 0. The summed E-state index contributed by atoms with van der Waals surface area (Å²) in [6.45, 7) is 0. The number of rotatable bonds is 6. The second-order valence-corrected chi connectivity index (χ2v) is 17.5. The van der Waals surface area contributed by atoms with Gasteiger partial charge in [0.25, 0.3) is 0 Å². The van der Waals surface area contributed by atoms with Gasteiger partial charge in [-0.05, 0) is 61.0 Å². The van der Waals surface area contributed by atoms with Gasteiger partial charge in [0.1, 0.15) is 94.2 Å². The van der Waals surface area contributed by atoms with E-state index in [1.807, 2.05) is 18.2 Å². The van der Waals surface area contributed by atoms with Crippen molar-refractivity contribution in [2.45, 2.75) is 0 Å². The van der Waals surface area contributed by atoms with Crippen molar-refractivity contribution in [2.75, 3.05) is 0 Å². The van der Waals surface area contributed by atoms with E-state index >= 15 is 0 Å². The lowest BCUT2D eigenvalue weighted by molar-refractivity contribution is 1.07. The Balaban J connectivity index is 1.17. The molecule has 62 heavy (non-hydrogen) atoms. The van der Waals surface area contributed by atoms with Crippen LogP contribution in [0.25, 0.3) is 89.1 Å². The van der Waals surface area contributed by atoms with Crippen molar-refractivity contribution in [2.24, 2.45) is 0 Å². The molecule has 1 heterocycles. The predicted octanol–water partition coefficient (Wildman–Crippen LogP) is -8.72. The van der Waals surface area contributed by atoms with Crippen molar-refractivity contribution < 1.29 is 0 Å². The normalized spacial score (nSPS) is 11.4. The van der Waals surface area contributed by atoms with Gasteiger partial charge in [-0.1, -0.05) is 142 Å². The van der Waals surface area contributed by atoms with Crippen molar-refractivity contribution in [3.8, 4) is 67.5 Å². The minimum absolute atomic E-state index is 0.644. The maximum Gasteiger partial charge on any atom is 0.164 e. The molecule has 0 unspecified atom stereocenters. The minimum atomic E-state index is 0.644. The first kappa shape index (κ1) is 41.4. The van der Waals surface area contributed by atoms with Crippen LogP contribution in [-0.2, 0) is 0 Å². The van der Waals surface area contributed by atoms with Crippen LogP contribution in [0.3, 0.4) is 0 Å². The summed E-state index contributed by atoms with van der Waals surface area (Å²) in [5, 5.41) is 5.22. The van der Waals surface area contributed by atoms with E-state index in [1.54, 1.807) is 0 Å². The molecule has 0 amide bonds. The SMILES string of the molecule is Bc1c(B)c(B)c(-c2ccc(-c3cccc(-c4nc(-c5ccccc5)nc(-c5ccc(-c6c(B)c(B)c(B)c7c(B)c(B)c(B)c(B)c67)cc5)n4)c3)c3ccccc23)c(B)c1B. The zero-order valence-corrected chi connectivity index (χ0v) is 38.3. The molecule has 0 radical (unpaired) electrons. The van der Waals surface area contributed by atoms with Gasteiger partial charge in [-0.25, -0.2) is 15.0 Å². The molecule has 1 aromatic heterocycles. The Bertz CT molecular complexity index is 3280. The van der Waals surface area contributed by atoms with Crippen molar-refractivity contribution in [3.63, 3.8) is 0 Å². The minimum Gasteiger partial charge on any atom is -0.208 e. The van der Waals surface area contributed by atoms with Crippen molar-refractivity contribution in [1.29, 1.82) is 0 Å². The number of fused-ring (bicyclic) bond motifs is 2. The molecule has 0 atom stereocenters. The maximum atomic E-state index is 5.21. The Morgan fingerprint density at radius 3 is 1.24 bits per heavy atom. The molecular weight excluding hydrogens is 736 g/mol. The first-order valence-electron chi connectivity index (χ1n) is 21.9. The van der Waals surface area contributed by atoms with E-state index < -0.39 is 0 Å². The average molecular weight is 780 g/mol. The quantitative estimate of drug-likeness (QED) is 0.158. The first-order chi connectivity index (χ1) is 29.8. The Labute approximate surface area is 377 Å². The van der Waals surface area contributed by atoms with Gasteiger partial charge in [-0.2, -0.15) is 0 Å². The number of hydrogen-bond acceptors (Lipinski definition) is 3. The number of hydrogen-bond donors (Lipinski definition) is 0. The Hall–Kier alpha value is -5.93. The van der Waals surface area contributed by atoms with E-state index in [9.17, 15) is 0 Å². The van der Waals surface area contributed by atoms with Gasteiger partial charge in [0, 0.05) is 16.7 Å². The van der Waals surface area contributed by atoms with E-state index in [-0.39, 0.29) is 0 Å². The van der Waals surface area contributed by atoms with Crippen LogP contribution in [0.1, 0.15) is 0 Å². The molecule has 9 rings (SSSR count). The number of aromatic nitrogens is 3. The lowest BCUT2D eigenvalue weighted by Crippen LogP contribution is -2.55. The molecule has 0 saturated carbocycles. The molecule has 0 saturated heterocycles. The highest BCUT2D eigenvalue weighted by Gasteiger charge is 2.21.